The Labute approximate surface area is 154 Å². The highest BCUT2D eigenvalue weighted by molar-refractivity contribution is 5.79. The highest BCUT2D eigenvalue weighted by Crippen LogP contribution is 2.24. The van der Waals surface area contributed by atoms with Crippen molar-refractivity contribution in [1.82, 2.24) is 14.9 Å². The number of likely N-dealkylation sites (tertiary alicyclic amines) is 1. The average Bonchev–Trinajstić information content (AvgIpc) is 3.11. The molecule has 0 aliphatic carbocycles. The van der Waals surface area contributed by atoms with E-state index in [-0.39, 0.29) is 12.0 Å². The van der Waals surface area contributed by atoms with Gasteiger partial charge in [0.2, 0.25) is 5.91 Å². The molecule has 1 unspecified atom stereocenters. The molecule has 6 heteroatoms. The third-order valence-electron chi connectivity index (χ3n) is 4.60. The number of nitrogens with zero attached hydrogens (tertiary/aromatic N) is 3. The SMILES string of the molecule is COc1nccnc1OC1CCN(C(=O)Cc2ccc(C(C)C)cc2)C1. The van der Waals surface area contributed by atoms with Crippen LogP contribution >= 0.6 is 0 Å². The van der Waals surface area contributed by atoms with E-state index < -0.39 is 0 Å². The topological polar surface area (TPSA) is 64.6 Å². The molecule has 1 aliphatic heterocycles. The van der Waals surface area contributed by atoms with E-state index in [1.54, 1.807) is 12.4 Å². The summed E-state index contributed by atoms with van der Waals surface area (Å²) >= 11 is 0. The minimum absolute atomic E-state index is 0.0899. The Morgan fingerprint density at radius 1 is 1.19 bits per heavy atom. The molecule has 1 aromatic carbocycles. The first-order chi connectivity index (χ1) is 12.6. The monoisotopic (exact) mass is 355 g/mol. The highest BCUT2D eigenvalue weighted by Gasteiger charge is 2.28. The van der Waals surface area contributed by atoms with Crippen molar-refractivity contribution in [2.24, 2.45) is 0 Å². The number of carbonyl (C=O) groups excluding carboxylic acids is 1. The number of methoxy groups -OCH3 is 1. The zero-order valence-corrected chi connectivity index (χ0v) is 15.5. The van der Waals surface area contributed by atoms with Gasteiger partial charge in [0, 0.05) is 25.4 Å². The molecule has 138 valence electrons. The molecule has 2 aromatic rings. The molecular weight excluding hydrogens is 330 g/mol. The van der Waals surface area contributed by atoms with Gasteiger partial charge in [0.05, 0.1) is 20.1 Å². The van der Waals surface area contributed by atoms with E-state index in [4.69, 9.17) is 9.47 Å². The maximum absolute atomic E-state index is 12.6. The second-order valence-corrected chi connectivity index (χ2v) is 6.81. The Kier molecular flexibility index (Phi) is 5.71. The van der Waals surface area contributed by atoms with E-state index in [9.17, 15) is 4.79 Å². The van der Waals surface area contributed by atoms with Gasteiger partial charge in [-0.25, -0.2) is 9.97 Å². The molecule has 1 aliphatic rings. The van der Waals surface area contributed by atoms with Crippen LogP contribution in [0.1, 0.15) is 37.3 Å². The molecule has 0 spiro atoms. The van der Waals surface area contributed by atoms with Gasteiger partial charge in [-0.2, -0.15) is 0 Å². The van der Waals surface area contributed by atoms with Crippen LogP contribution in [0.4, 0.5) is 0 Å². The van der Waals surface area contributed by atoms with Crippen LogP contribution in [-0.4, -0.2) is 47.1 Å². The van der Waals surface area contributed by atoms with Gasteiger partial charge in [-0.15, -0.1) is 0 Å². The number of aromatic nitrogens is 2. The molecule has 1 fully saturated rings. The fourth-order valence-corrected chi connectivity index (χ4v) is 3.05. The number of carbonyl (C=O) groups is 1. The van der Waals surface area contributed by atoms with E-state index >= 15 is 0 Å². The summed E-state index contributed by atoms with van der Waals surface area (Å²) in [7, 11) is 1.53. The van der Waals surface area contributed by atoms with Crippen molar-refractivity contribution < 1.29 is 14.3 Å². The van der Waals surface area contributed by atoms with E-state index in [0.717, 1.165) is 12.0 Å². The fourth-order valence-electron chi connectivity index (χ4n) is 3.05. The number of ether oxygens (including phenoxy) is 2. The Balaban J connectivity index is 1.55. The predicted molar refractivity (Wildman–Crippen MR) is 98.4 cm³/mol. The van der Waals surface area contributed by atoms with E-state index in [1.807, 2.05) is 17.0 Å². The summed E-state index contributed by atoms with van der Waals surface area (Å²) in [6, 6.07) is 8.29. The first-order valence-corrected chi connectivity index (χ1v) is 8.95. The zero-order valence-electron chi connectivity index (χ0n) is 15.5. The zero-order chi connectivity index (χ0) is 18.5. The number of amides is 1. The number of benzene rings is 1. The molecule has 2 heterocycles. The number of hydrogen-bond acceptors (Lipinski definition) is 5. The lowest BCUT2D eigenvalue weighted by Gasteiger charge is -2.17. The van der Waals surface area contributed by atoms with Crippen LogP contribution in [0.15, 0.2) is 36.7 Å². The normalized spacial score (nSPS) is 16.8. The fraction of sp³-hybridized carbons (Fsp3) is 0.450. The second kappa shape index (κ2) is 8.17. The van der Waals surface area contributed by atoms with Gasteiger partial charge in [-0.3, -0.25) is 4.79 Å². The minimum atomic E-state index is -0.0899. The Bertz CT molecular complexity index is 746. The van der Waals surface area contributed by atoms with Crippen molar-refractivity contribution in [1.29, 1.82) is 0 Å². The lowest BCUT2D eigenvalue weighted by Crippen LogP contribution is -2.32. The summed E-state index contributed by atoms with van der Waals surface area (Å²) < 4.78 is 11.0. The molecular formula is C20H25N3O3. The molecule has 3 rings (SSSR count). The number of rotatable bonds is 6. The molecule has 26 heavy (non-hydrogen) atoms. The van der Waals surface area contributed by atoms with Gasteiger partial charge in [0.15, 0.2) is 0 Å². The van der Waals surface area contributed by atoms with Crippen LogP contribution in [0, 0.1) is 0 Å². The van der Waals surface area contributed by atoms with Gasteiger partial charge >= 0.3 is 0 Å². The lowest BCUT2D eigenvalue weighted by atomic mass is 10.0. The maximum Gasteiger partial charge on any atom is 0.278 e. The smallest absolute Gasteiger partial charge is 0.278 e. The van der Waals surface area contributed by atoms with Gasteiger partial charge in [-0.05, 0) is 17.0 Å². The van der Waals surface area contributed by atoms with Gasteiger partial charge in [0.1, 0.15) is 6.10 Å². The summed E-state index contributed by atoms with van der Waals surface area (Å²) in [5.41, 5.74) is 2.33. The molecule has 1 atom stereocenters. The van der Waals surface area contributed by atoms with Gasteiger partial charge in [-0.1, -0.05) is 38.1 Å². The van der Waals surface area contributed by atoms with Gasteiger partial charge in [0.25, 0.3) is 11.8 Å². The standard InChI is InChI=1S/C20H25N3O3/c1-14(2)16-6-4-15(5-7-16)12-18(24)23-11-8-17(13-23)26-20-19(25-3)21-9-10-22-20/h4-7,9-10,14,17H,8,11-13H2,1-3H3. The summed E-state index contributed by atoms with van der Waals surface area (Å²) in [6.07, 6.45) is 4.22. The maximum atomic E-state index is 12.6. The van der Waals surface area contributed by atoms with Gasteiger partial charge < -0.3 is 14.4 Å². The Morgan fingerprint density at radius 2 is 1.88 bits per heavy atom. The Hall–Kier alpha value is -2.63. The van der Waals surface area contributed by atoms with E-state index in [2.05, 4.69) is 35.9 Å². The largest absolute Gasteiger partial charge is 0.477 e. The lowest BCUT2D eigenvalue weighted by molar-refractivity contribution is -0.129. The molecule has 6 nitrogen and oxygen atoms in total. The summed E-state index contributed by atoms with van der Waals surface area (Å²) in [6.45, 7) is 5.58. The second-order valence-electron chi connectivity index (χ2n) is 6.81. The summed E-state index contributed by atoms with van der Waals surface area (Å²) in [5, 5.41) is 0. The molecule has 0 saturated carbocycles. The van der Waals surface area contributed by atoms with Crippen molar-refractivity contribution in [2.75, 3.05) is 20.2 Å². The Morgan fingerprint density at radius 3 is 2.54 bits per heavy atom. The minimum Gasteiger partial charge on any atom is -0.477 e. The third-order valence-corrected chi connectivity index (χ3v) is 4.60. The van der Waals surface area contributed by atoms with Crippen molar-refractivity contribution in [3.8, 4) is 11.8 Å². The summed E-state index contributed by atoms with van der Waals surface area (Å²) in [5.74, 6) is 1.36. The van der Waals surface area contributed by atoms with Crippen molar-refractivity contribution in [3.05, 3.63) is 47.8 Å². The highest BCUT2D eigenvalue weighted by atomic mass is 16.5. The van der Waals surface area contributed by atoms with Crippen LogP contribution in [0.2, 0.25) is 0 Å². The predicted octanol–water partition coefficient (Wildman–Crippen LogP) is 2.83. The molecule has 0 N–H and O–H groups in total. The van der Waals surface area contributed by atoms with Crippen LogP contribution in [-0.2, 0) is 11.2 Å². The molecule has 1 amide bonds. The first-order valence-electron chi connectivity index (χ1n) is 8.95. The first kappa shape index (κ1) is 18.2. The van der Waals surface area contributed by atoms with Crippen LogP contribution < -0.4 is 9.47 Å². The summed E-state index contributed by atoms with van der Waals surface area (Å²) in [4.78, 5) is 22.7. The van der Waals surface area contributed by atoms with Crippen LogP contribution in [0.3, 0.4) is 0 Å². The van der Waals surface area contributed by atoms with Crippen molar-refractivity contribution >= 4 is 5.91 Å². The van der Waals surface area contributed by atoms with E-state index in [0.29, 0.717) is 37.2 Å². The molecule has 0 radical (unpaired) electrons. The molecule has 0 bridgehead atoms. The van der Waals surface area contributed by atoms with Crippen molar-refractivity contribution in [3.63, 3.8) is 0 Å². The average molecular weight is 355 g/mol. The van der Waals surface area contributed by atoms with E-state index in [1.165, 1.54) is 12.7 Å². The molecule has 1 aromatic heterocycles. The number of hydrogen-bond donors (Lipinski definition) is 0. The molecule has 1 saturated heterocycles. The third kappa shape index (κ3) is 4.31. The van der Waals surface area contributed by atoms with Crippen LogP contribution in [0.5, 0.6) is 11.8 Å². The quantitative estimate of drug-likeness (QED) is 0.797. The van der Waals surface area contributed by atoms with Crippen molar-refractivity contribution in [2.45, 2.75) is 38.7 Å². The van der Waals surface area contributed by atoms with Crippen LogP contribution in [0.25, 0.3) is 0 Å².